The third-order valence-corrected chi connectivity index (χ3v) is 4.35. The number of hydrogen-bond acceptors (Lipinski definition) is 3. The lowest BCUT2D eigenvalue weighted by Crippen LogP contribution is -2.37. The van der Waals surface area contributed by atoms with E-state index in [-0.39, 0.29) is 31.1 Å². The number of nitrogens with one attached hydrogen (secondary N) is 2. The summed E-state index contributed by atoms with van der Waals surface area (Å²) in [6.45, 7) is -0.292. The highest BCUT2D eigenvalue weighted by atomic mass is 35.5. The molecule has 0 saturated carbocycles. The Morgan fingerprint density at radius 1 is 1.07 bits per heavy atom. The summed E-state index contributed by atoms with van der Waals surface area (Å²) in [6.07, 6.45) is -4.70. The van der Waals surface area contributed by atoms with Gasteiger partial charge in [-0.1, -0.05) is 29.8 Å². The second-order valence-electron chi connectivity index (χ2n) is 6.36. The minimum atomic E-state index is -4.66. The maximum Gasteiger partial charge on any atom is 0.417 e. The first-order valence-electron chi connectivity index (χ1n) is 8.81. The van der Waals surface area contributed by atoms with Gasteiger partial charge in [-0.2, -0.15) is 13.2 Å². The highest BCUT2D eigenvalue weighted by Crippen LogP contribution is 2.36. The molecule has 2 aromatic carbocycles. The van der Waals surface area contributed by atoms with Crippen LogP contribution in [0.1, 0.15) is 22.3 Å². The fraction of sp³-hybridized carbons (Fsp3) is 0.250. The molecule has 0 radical (unpaired) electrons. The molecule has 3 amide bonds. The van der Waals surface area contributed by atoms with Crippen molar-refractivity contribution in [2.45, 2.75) is 12.6 Å². The van der Waals surface area contributed by atoms with Crippen molar-refractivity contribution in [1.29, 1.82) is 0 Å². The summed E-state index contributed by atoms with van der Waals surface area (Å²) in [5.41, 5.74) is -0.702. The van der Waals surface area contributed by atoms with E-state index in [2.05, 4.69) is 10.6 Å². The zero-order valence-electron chi connectivity index (χ0n) is 15.9. The number of anilines is 1. The maximum atomic E-state index is 12.9. The Bertz CT molecular complexity index is 921. The molecular formula is C20H19ClF3N3O3. The van der Waals surface area contributed by atoms with Crippen LogP contribution in [0.5, 0.6) is 0 Å². The van der Waals surface area contributed by atoms with Crippen LogP contribution < -0.4 is 10.6 Å². The number of nitrogens with zero attached hydrogens (tertiary/aromatic N) is 1. The largest absolute Gasteiger partial charge is 0.417 e. The van der Waals surface area contributed by atoms with E-state index >= 15 is 0 Å². The Morgan fingerprint density at radius 3 is 2.37 bits per heavy atom. The summed E-state index contributed by atoms with van der Waals surface area (Å²) in [5.74, 6) is -1.41. The van der Waals surface area contributed by atoms with E-state index in [0.717, 1.165) is 17.0 Å². The van der Waals surface area contributed by atoms with E-state index in [1.807, 2.05) is 0 Å². The van der Waals surface area contributed by atoms with Gasteiger partial charge in [-0.25, -0.2) is 0 Å². The average molecular weight is 442 g/mol. The van der Waals surface area contributed by atoms with Crippen molar-refractivity contribution >= 4 is 35.0 Å². The fourth-order valence-electron chi connectivity index (χ4n) is 2.49. The van der Waals surface area contributed by atoms with E-state index < -0.39 is 28.6 Å². The van der Waals surface area contributed by atoms with Gasteiger partial charge in [-0.05, 0) is 30.3 Å². The maximum absolute atomic E-state index is 12.9. The lowest BCUT2D eigenvalue weighted by atomic mass is 10.2. The molecule has 10 heteroatoms. The summed E-state index contributed by atoms with van der Waals surface area (Å²) in [6, 6.07) is 11.5. The predicted octanol–water partition coefficient (Wildman–Crippen LogP) is 3.58. The molecule has 0 aliphatic rings. The van der Waals surface area contributed by atoms with Gasteiger partial charge < -0.3 is 15.5 Å². The molecule has 0 bridgehead atoms. The highest BCUT2D eigenvalue weighted by Gasteiger charge is 2.33. The summed E-state index contributed by atoms with van der Waals surface area (Å²) in [4.78, 5) is 37.2. The topological polar surface area (TPSA) is 78.5 Å². The van der Waals surface area contributed by atoms with Crippen LogP contribution in [0.3, 0.4) is 0 Å². The van der Waals surface area contributed by atoms with Crippen LogP contribution >= 0.6 is 11.6 Å². The van der Waals surface area contributed by atoms with Gasteiger partial charge in [0, 0.05) is 31.3 Å². The lowest BCUT2D eigenvalue weighted by molar-refractivity contribution is -0.137. The number of alkyl halides is 3. The first kappa shape index (κ1) is 23.2. The molecule has 0 saturated heterocycles. The molecule has 2 N–H and O–H groups in total. The van der Waals surface area contributed by atoms with Gasteiger partial charge in [0.15, 0.2) is 0 Å². The minimum Gasteiger partial charge on any atom is -0.352 e. The zero-order chi connectivity index (χ0) is 22.3. The van der Waals surface area contributed by atoms with Gasteiger partial charge in [0.25, 0.3) is 5.91 Å². The Kier molecular flexibility index (Phi) is 7.82. The first-order chi connectivity index (χ1) is 14.1. The Morgan fingerprint density at radius 2 is 1.73 bits per heavy atom. The summed E-state index contributed by atoms with van der Waals surface area (Å²) in [7, 11) is 1.38. The molecule has 0 atom stereocenters. The van der Waals surface area contributed by atoms with E-state index in [1.165, 1.54) is 13.1 Å². The molecule has 0 aromatic heterocycles. The Labute approximate surface area is 176 Å². The molecule has 30 heavy (non-hydrogen) atoms. The molecule has 0 heterocycles. The van der Waals surface area contributed by atoms with Crippen molar-refractivity contribution in [3.8, 4) is 0 Å². The van der Waals surface area contributed by atoms with Crippen molar-refractivity contribution < 1.29 is 27.6 Å². The average Bonchev–Trinajstić information content (AvgIpc) is 2.69. The second-order valence-corrected chi connectivity index (χ2v) is 6.77. The number of hydrogen-bond donors (Lipinski definition) is 2. The molecule has 0 fully saturated rings. The number of carbonyl (C=O) groups is 3. The van der Waals surface area contributed by atoms with Gasteiger partial charge in [0.05, 0.1) is 17.1 Å². The van der Waals surface area contributed by atoms with Gasteiger partial charge in [-0.15, -0.1) is 0 Å². The molecule has 2 rings (SSSR count). The number of amides is 3. The molecule has 6 nitrogen and oxygen atoms in total. The second kappa shape index (κ2) is 10.1. The summed E-state index contributed by atoms with van der Waals surface area (Å²) >= 11 is 5.54. The SMILES string of the molecule is CN(CC(=O)Nc1ccc(Cl)c(C(F)(F)F)c1)C(=O)CCNC(=O)c1ccccc1. The van der Waals surface area contributed by atoms with Gasteiger partial charge in [0.2, 0.25) is 11.8 Å². The first-order valence-corrected chi connectivity index (χ1v) is 9.19. The Balaban J connectivity index is 1.82. The molecule has 0 unspecified atom stereocenters. The van der Waals surface area contributed by atoms with Crippen molar-refractivity contribution in [1.82, 2.24) is 10.2 Å². The van der Waals surface area contributed by atoms with Crippen molar-refractivity contribution in [2.75, 3.05) is 25.5 Å². The number of benzene rings is 2. The van der Waals surface area contributed by atoms with E-state index in [0.29, 0.717) is 5.56 Å². The standard InChI is InChI=1S/C20H19ClF3N3O3/c1-27(18(29)9-10-25-19(30)13-5-3-2-4-6-13)12-17(28)26-14-7-8-16(21)15(11-14)20(22,23)24/h2-8,11H,9-10,12H2,1H3,(H,25,30)(H,26,28). The van der Waals surface area contributed by atoms with Crippen LogP contribution in [-0.2, 0) is 15.8 Å². The Hall–Kier alpha value is -3.07. The number of halogens is 4. The van der Waals surface area contributed by atoms with Gasteiger partial charge in [0.1, 0.15) is 0 Å². The summed E-state index contributed by atoms with van der Waals surface area (Å²) < 4.78 is 38.7. The molecular weight excluding hydrogens is 423 g/mol. The number of carbonyl (C=O) groups excluding carboxylic acids is 3. The normalized spacial score (nSPS) is 11.0. The van der Waals surface area contributed by atoms with Crippen LogP contribution in [0.25, 0.3) is 0 Å². The van der Waals surface area contributed by atoms with Gasteiger partial charge >= 0.3 is 6.18 Å². The number of likely N-dealkylation sites (N-methyl/N-ethyl adjacent to an activating group) is 1. The molecule has 0 aliphatic heterocycles. The van der Waals surface area contributed by atoms with Crippen molar-refractivity contribution in [2.24, 2.45) is 0 Å². The minimum absolute atomic E-state index is 0.0402. The molecule has 0 aliphatic carbocycles. The lowest BCUT2D eigenvalue weighted by Gasteiger charge is -2.17. The van der Waals surface area contributed by atoms with Crippen molar-refractivity contribution in [3.63, 3.8) is 0 Å². The van der Waals surface area contributed by atoms with E-state index in [1.54, 1.807) is 30.3 Å². The monoisotopic (exact) mass is 441 g/mol. The zero-order valence-corrected chi connectivity index (χ0v) is 16.7. The van der Waals surface area contributed by atoms with Crippen LogP contribution in [0.15, 0.2) is 48.5 Å². The third kappa shape index (κ3) is 6.77. The van der Waals surface area contributed by atoms with E-state index in [4.69, 9.17) is 11.6 Å². The van der Waals surface area contributed by atoms with E-state index in [9.17, 15) is 27.6 Å². The highest BCUT2D eigenvalue weighted by molar-refractivity contribution is 6.31. The van der Waals surface area contributed by atoms with Crippen LogP contribution in [-0.4, -0.2) is 42.8 Å². The fourth-order valence-corrected chi connectivity index (χ4v) is 2.71. The van der Waals surface area contributed by atoms with Crippen LogP contribution in [0.2, 0.25) is 5.02 Å². The third-order valence-electron chi connectivity index (χ3n) is 4.02. The van der Waals surface area contributed by atoms with Crippen LogP contribution in [0.4, 0.5) is 18.9 Å². The van der Waals surface area contributed by atoms with Crippen molar-refractivity contribution in [3.05, 3.63) is 64.7 Å². The predicted molar refractivity (Wildman–Crippen MR) is 106 cm³/mol. The van der Waals surface area contributed by atoms with Crippen LogP contribution in [0, 0.1) is 0 Å². The number of rotatable bonds is 7. The molecule has 0 spiro atoms. The molecule has 160 valence electrons. The summed E-state index contributed by atoms with van der Waals surface area (Å²) in [5, 5.41) is 4.42. The van der Waals surface area contributed by atoms with Gasteiger partial charge in [-0.3, -0.25) is 14.4 Å². The quantitative estimate of drug-likeness (QED) is 0.689. The smallest absolute Gasteiger partial charge is 0.352 e. The molecule has 2 aromatic rings.